The molecule has 1 N–H and O–H groups in total. The molecule has 7 heteroatoms. The molecule has 0 saturated heterocycles. The molecular weight excluding hydrogens is 224 g/mol. The Morgan fingerprint density at radius 1 is 1.53 bits per heavy atom. The van der Waals surface area contributed by atoms with Crippen LogP contribution >= 0.6 is 0 Å². The highest BCUT2D eigenvalue weighted by molar-refractivity contribution is 5.73. The molecule has 0 spiro atoms. The van der Waals surface area contributed by atoms with Gasteiger partial charge in [0.25, 0.3) is 5.56 Å². The number of esters is 1. The minimum absolute atomic E-state index is 0.0923. The summed E-state index contributed by atoms with van der Waals surface area (Å²) in [4.78, 5) is 37.1. The van der Waals surface area contributed by atoms with Gasteiger partial charge in [0, 0.05) is 0 Å². The van der Waals surface area contributed by atoms with Gasteiger partial charge in [-0.1, -0.05) is 0 Å². The fraction of sp³-hybridized carbons (Fsp3) is 0.300. The number of aromatic amines is 1. The van der Waals surface area contributed by atoms with Crippen LogP contribution in [0.5, 0.6) is 0 Å². The number of fused-ring (bicyclic) bond motifs is 1. The molecule has 2 aromatic heterocycles. The lowest BCUT2D eigenvalue weighted by atomic mass is 10.3. The molecule has 7 nitrogen and oxygen atoms in total. The number of hydrogen-bond acceptors (Lipinski definition) is 6. The minimum Gasteiger partial charge on any atom is -0.466 e. The van der Waals surface area contributed by atoms with Crippen molar-refractivity contribution in [1.29, 1.82) is 0 Å². The molecule has 0 radical (unpaired) electrons. The first-order chi connectivity index (χ1) is 8.20. The molecule has 2 rings (SSSR count). The Labute approximate surface area is 95.9 Å². The van der Waals surface area contributed by atoms with E-state index in [0.717, 1.165) is 0 Å². The van der Waals surface area contributed by atoms with Crippen molar-refractivity contribution in [2.45, 2.75) is 13.3 Å². The number of rotatable bonds is 3. The number of hydrogen-bond donors (Lipinski definition) is 1. The first-order valence-corrected chi connectivity index (χ1v) is 5.05. The molecule has 0 aliphatic carbocycles. The van der Waals surface area contributed by atoms with Crippen LogP contribution in [0.15, 0.2) is 17.3 Å². The van der Waals surface area contributed by atoms with E-state index in [-0.39, 0.29) is 18.7 Å². The van der Waals surface area contributed by atoms with Crippen LogP contribution in [0.4, 0.5) is 0 Å². The van der Waals surface area contributed by atoms with Crippen molar-refractivity contribution in [3.8, 4) is 0 Å². The number of carbonyl (C=O) groups is 1. The first-order valence-electron chi connectivity index (χ1n) is 5.05. The van der Waals surface area contributed by atoms with E-state index in [2.05, 4.69) is 19.9 Å². The molecule has 0 atom stereocenters. The van der Waals surface area contributed by atoms with Gasteiger partial charge in [-0.05, 0) is 6.92 Å². The first kappa shape index (κ1) is 11.2. The van der Waals surface area contributed by atoms with Gasteiger partial charge >= 0.3 is 5.97 Å². The normalized spacial score (nSPS) is 10.4. The van der Waals surface area contributed by atoms with Crippen molar-refractivity contribution in [1.82, 2.24) is 19.9 Å². The van der Waals surface area contributed by atoms with Gasteiger partial charge in [-0.15, -0.1) is 0 Å². The van der Waals surface area contributed by atoms with Crippen LogP contribution in [0.3, 0.4) is 0 Å². The summed E-state index contributed by atoms with van der Waals surface area (Å²) in [6.45, 7) is 1.97. The molecule has 2 aromatic rings. The van der Waals surface area contributed by atoms with Crippen molar-refractivity contribution in [2.75, 3.05) is 6.61 Å². The fourth-order valence-electron chi connectivity index (χ4n) is 1.34. The molecule has 2 heterocycles. The largest absolute Gasteiger partial charge is 0.466 e. The van der Waals surface area contributed by atoms with Crippen molar-refractivity contribution < 1.29 is 9.53 Å². The van der Waals surface area contributed by atoms with E-state index in [1.54, 1.807) is 6.92 Å². The zero-order valence-corrected chi connectivity index (χ0v) is 9.14. The summed E-state index contributed by atoms with van der Waals surface area (Å²) in [6, 6.07) is 0. The second-order valence-corrected chi connectivity index (χ2v) is 3.25. The number of nitrogens with zero attached hydrogens (tertiary/aromatic N) is 3. The van der Waals surface area contributed by atoms with Crippen molar-refractivity contribution in [3.63, 3.8) is 0 Å². The molecule has 0 amide bonds. The molecule has 88 valence electrons. The Balaban J connectivity index is 2.37. The fourth-order valence-corrected chi connectivity index (χ4v) is 1.34. The summed E-state index contributed by atoms with van der Waals surface area (Å²) in [7, 11) is 0. The van der Waals surface area contributed by atoms with Crippen LogP contribution in [0.2, 0.25) is 0 Å². The van der Waals surface area contributed by atoms with E-state index < -0.39 is 11.5 Å². The average Bonchev–Trinajstić information content (AvgIpc) is 2.30. The molecule has 0 aliphatic heterocycles. The highest BCUT2D eigenvalue weighted by Crippen LogP contribution is 2.01. The number of nitrogens with one attached hydrogen (secondary N) is 1. The number of H-pyrrole nitrogens is 1. The topological polar surface area (TPSA) is 97.8 Å². The van der Waals surface area contributed by atoms with E-state index in [4.69, 9.17) is 4.74 Å². The van der Waals surface area contributed by atoms with E-state index in [1.165, 1.54) is 12.5 Å². The van der Waals surface area contributed by atoms with Gasteiger partial charge in [0.05, 0.1) is 19.2 Å². The molecule has 0 fully saturated rings. The standard InChI is InChI=1S/C10H10N4O3/c1-2-17-8(15)3-6-10(16)14-7-4-11-5-12-9(7)13-6/h4-5H,2-3H2,1H3,(H,14,16). The lowest BCUT2D eigenvalue weighted by Crippen LogP contribution is -2.20. The van der Waals surface area contributed by atoms with E-state index in [0.29, 0.717) is 11.2 Å². The third kappa shape index (κ3) is 2.44. The Hall–Kier alpha value is -2.31. The van der Waals surface area contributed by atoms with Crippen LogP contribution in [-0.4, -0.2) is 32.5 Å². The molecule has 0 bridgehead atoms. The average molecular weight is 234 g/mol. The van der Waals surface area contributed by atoms with Crippen LogP contribution < -0.4 is 5.56 Å². The predicted molar refractivity (Wildman–Crippen MR) is 58.3 cm³/mol. The zero-order valence-electron chi connectivity index (χ0n) is 9.14. The zero-order chi connectivity index (χ0) is 12.3. The Morgan fingerprint density at radius 2 is 2.35 bits per heavy atom. The Morgan fingerprint density at radius 3 is 3.12 bits per heavy atom. The molecule has 0 saturated carbocycles. The monoisotopic (exact) mass is 234 g/mol. The van der Waals surface area contributed by atoms with Gasteiger partial charge in [0.2, 0.25) is 0 Å². The highest BCUT2D eigenvalue weighted by atomic mass is 16.5. The maximum Gasteiger partial charge on any atom is 0.312 e. The van der Waals surface area contributed by atoms with E-state index >= 15 is 0 Å². The Bertz CT molecular complexity index is 608. The van der Waals surface area contributed by atoms with Crippen molar-refractivity contribution in [2.24, 2.45) is 0 Å². The van der Waals surface area contributed by atoms with E-state index in [1.807, 2.05) is 0 Å². The summed E-state index contributed by atoms with van der Waals surface area (Å²) in [5.41, 5.74) is 0.444. The number of ether oxygens (including phenoxy) is 1. The van der Waals surface area contributed by atoms with E-state index in [9.17, 15) is 9.59 Å². The predicted octanol–water partition coefficient (Wildman–Crippen LogP) is -0.181. The van der Waals surface area contributed by atoms with Gasteiger partial charge < -0.3 is 9.72 Å². The third-order valence-electron chi connectivity index (χ3n) is 2.06. The van der Waals surface area contributed by atoms with Crippen LogP contribution in [-0.2, 0) is 16.0 Å². The quantitative estimate of drug-likeness (QED) is 0.740. The van der Waals surface area contributed by atoms with Crippen LogP contribution in [0.1, 0.15) is 12.6 Å². The van der Waals surface area contributed by atoms with Crippen molar-refractivity contribution >= 4 is 17.1 Å². The maximum atomic E-state index is 11.6. The summed E-state index contributed by atoms with van der Waals surface area (Å²) < 4.78 is 4.75. The molecule has 0 aromatic carbocycles. The van der Waals surface area contributed by atoms with Crippen LogP contribution in [0, 0.1) is 0 Å². The smallest absolute Gasteiger partial charge is 0.312 e. The lowest BCUT2D eigenvalue weighted by Gasteiger charge is -2.01. The van der Waals surface area contributed by atoms with Gasteiger partial charge in [0.1, 0.15) is 17.5 Å². The summed E-state index contributed by atoms with van der Waals surface area (Å²) >= 11 is 0. The summed E-state index contributed by atoms with van der Waals surface area (Å²) in [6.07, 6.45) is 2.61. The highest BCUT2D eigenvalue weighted by Gasteiger charge is 2.11. The number of aromatic nitrogens is 4. The summed E-state index contributed by atoms with van der Waals surface area (Å²) in [5, 5.41) is 0. The van der Waals surface area contributed by atoms with Gasteiger partial charge in [0.15, 0.2) is 5.65 Å². The maximum absolute atomic E-state index is 11.6. The number of carbonyl (C=O) groups excluding carboxylic acids is 1. The molecule has 0 aliphatic rings. The molecular formula is C10H10N4O3. The van der Waals surface area contributed by atoms with Gasteiger partial charge in [-0.25, -0.2) is 15.0 Å². The lowest BCUT2D eigenvalue weighted by molar-refractivity contribution is -0.142. The molecule has 17 heavy (non-hydrogen) atoms. The van der Waals surface area contributed by atoms with Crippen LogP contribution in [0.25, 0.3) is 11.2 Å². The van der Waals surface area contributed by atoms with Gasteiger partial charge in [-0.2, -0.15) is 0 Å². The summed E-state index contributed by atoms with van der Waals surface area (Å²) in [5.74, 6) is -0.487. The minimum atomic E-state index is -0.487. The second-order valence-electron chi connectivity index (χ2n) is 3.25. The van der Waals surface area contributed by atoms with Crippen molar-refractivity contribution in [3.05, 3.63) is 28.6 Å². The third-order valence-corrected chi connectivity index (χ3v) is 2.06. The van der Waals surface area contributed by atoms with Gasteiger partial charge in [-0.3, -0.25) is 9.59 Å². The second kappa shape index (κ2) is 4.69. The molecule has 0 unspecified atom stereocenters. The Kier molecular flexibility index (Phi) is 3.08. The SMILES string of the molecule is CCOC(=O)Cc1nc2ncncc2[nH]c1=O.